The van der Waals surface area contributed by atoms with Gasteiger partial charge in [-0.15, -0.1) is 0 Å². The zero-order valence-electron chi connectivity index (χ0n) is 27.8. The Balaban J connectivity index is 0.990. The number of piperazine rings is 1. The fourth-order valence-electron chi connectivity index (χ4n) is 12.5. The fraction of sp³-hybridized carbons (Fsp3) is 0.972. The zero-order chi connectivity index (χ0) is 29.5. The Hall–Kier alpha value is -0.690. The van der Waals surface area contributed by atoms with Crippen molar-refractivity contribution in [1.29, 1.82) is 0 Å². The number of ether oxygens (including phenoxy) is 2. The second-order valence-corrected chi connectivity index (χ2v) is 17.2. The first kappa shape index (κ1) is 30.0. The number of nitrogens with one attached hydrogen (secondary N) is 1. The van der Waals surface area contributed by atoms with Gasteiger partial charge in [-0.2, -0.15) is 0 Å². The van der Waals surface area contributed by atoms with Crippen molar-refractivity contribution in [3.63, 3.8) is 0 Å². The summed E-state index contributed by atoms with van der Waals surface area (Å²) in [7, 11) is 2.19. The fourth-order valence-corrected chi connectivity index (χ4v) is 12.5. The van der Waals surface area contributed by atoms with Crippen LogP contribution in [0, 0.1) is 51.8 Å². The Bertz CT molecular complexity index is 1020. The number of fused-ring (bicyclic) bond motifs is 7. The van der Waals surface area contributed by atoms with Crippen molar-refractivity contribution >= 4 is 5.91 Å². The highest BCUT2D eigenvalue weighted by Crippen LogP contribution is 2.76. The largest absolute Gasteiger partial charge is 0.353 e. The maximum Gasteiger partial charge on any atom is 0.221 e. The lowest BCUT2D eigenvalue weighted by Gasteiger charge is -2.65. The Kier molecular flexibility index (Phi) is 7.64. The van der Waals surface area contributed by atoms with Crippen LogP contribution in [0.4, 0.5) is 0 Å². The van der Waals surface area contributed by atoms with E-state index >= 15 is 0 Å². The number of hydrogen-bond acceptors (Lipinski definition) is 5. The summed E-state index contributed by atoms with van der Waals surface area (Å²) in [5.74, 6) is 4.10. The summed E-state index contributed by atoms with van der Waals surface area (Å²) in [5, 5.41) is 3.50. The van der Waals surface area contributed by atoms with E-state index in [1.807, 2.05) is 0 Å². The molecule has 4 aliphatic carbocycles. The summed E-state index contributed by atoms with van der Waals surface area (Å²) in [6, 6.07) is 0.374. The van der Waals surface area contributed by atoms with Crippen LogP contribution in [0.2, 0.25) is 0 Å². The number of hydrogen-bond donors (Lipinski definition) is 1. The third-order valence-corrected chi connectivity index (χ3v) is 15.3. The number of likely N-dealkylation sites (N-methyl/N-ethyl adjacent to an activating group) is 1. The van der Waals surface area contributed by atoms with Crippen LogP contribution in [-0.2, 0) is 14.3 Å². The summed E-state index contributed by atoms with van der Waals surface area (Å²) in [4.78, 5) is 17.8. The Morgan fingerprint density at radius 3 is 2.43 bits per heavy atom. The molecule has 12 atom stereocenters. The van der Waals surface area contributed by atoms with E-state index in [4.69, 9.17) is 9.47 Å². The van der Waals surface area contributed by atoms with E-state index in [9.17, 15) is 4.79 Å². The molecule has 1 spiro atoms. The summed E-state index contributed by atoms with van der Waals surface area (Å²) >= 11 is 0. The van der Waals surface area contributed by atoms with Gasteiger partial charge in [0.2, 0.25) is 5.91 Å². The number of nitrogens with zero attached hydrogens (tertiary/aromatic N) is 2. The van der Waals surface area contributed by atoms with Crippen molar-refractivity contribution in [2.45, 2.75) is 123 Å². The third kappa shape index (κ3) is 4.57. The van der Waals surface area contributed by atoms with Crippen molar-refractivity contribution in [3.05, 3.63) is 0 Å². The average Bonchev–Trinajstić information content (AvgIpc) is 3.36. The van der Waals surface area contributed by atoms with Crippen LogP contribution in [0.1, 0.15) is 105 Å². The van der Waals surface area contributed by atoms with E-state index in [1.54, 1.807) is 0 Å². The van der Waals surface area contributed by atoms with Crippen LogP contribution in [-0.4, -0.2) is 80.0 Å². The van der Waals surface area contributed by atoms with E-state index in [-0.39, 0.29) is 11.7 Å². The molecular weight excluding hydrogens is 522 g/mol. The van der Waals surface area contributed by atoms with Crippen LogP contribution in [0.5, 0.6) is 0 Å². The summed E-state index contributed by atoms with van der Waals surface area (Å²) in [6.45, 7) is 19.0. The van der Waals surface area contributed by atoms with Gasteiger partial charge in [0.15, 0.2) is 5.79 Å². The van der Waals surface area contributed by atoms with Crippen molar-refractivity contribution < 1.29 is 14.3 Å². The second-order valence-electron chi connectivity index (χ2n) is 17.2. The SMILES string of the molecule is C[C@H]1CC[C@@]2(OC1)O[C@H]1C[C@@]3(C)[C@@H]4CC[C@@H]5C[C@H](NC(=O)CCN6CCN(C)CC6)CC[C@]5(C)[C@H]4CC[C@]3(C)[C@H]1[C@@H]2C. The predicted molar refractivity (Wildman–Crippen MR) is 167 cm³/mol. The van der Waals surface area contributed by atoms with Gasteiger partial charge in [-0.1, -0.05) is 34.6 Å². The molecule has 42 heavy (non-hydrogen) atoms. The van der Waals surface area contributed by atoms with Gasteiger partial charge in [-0.3, -0.25) is 4.79 Å². The van der Waals surface area contributed by atoms with Gasteiger partial charge < -0.3 is 24.6 Å². The predicted octanol–water partition coefficient (Wildman–Crippen LogP) is 5.95. The van der Waals surface area contributed by atoms with Crippen LogP contribution < -0.4 is 5.32 Å². The molecule has 3 heterocycles. The Labute approximate surface area is 256 Å². The number of carbonyl (C=O) groups excluding carboxylic acids is 1. The van der Waals surface area contributed by atoms with Gasteiger partial charge in [-0.25, -0.2) is 0 Å². The molecule has 1 amide bonds. The van der Waals surface area contributed by atoms with Crippen LogP contribution in [0.25, 0.3) is 0 Å². The monoisotopic (exact) mass is 583 g/mol. The maximum atomic E-state index is 13.0. The Morgan fingerprint density at radius 1 is 0.905 bits per heavy atom. The molecule has 7 aliphatic rings. The molecule has 7 fully saturated rings. The molecule has 0 aromatic rings. The zero-order valence-corrected chi connectivity index (χ0v) is 27.8. The summed E-state index contributed by atoms with van der Waals surface area (Å²) < 4.78 is 13.6. The number of rotatable bonds is 4. The van der Waals surface area contributed by atoms with Gasteiger partial charge in [0.05, 0.1) is 12.7 Å². The van der Waals surface area contributed by atoms with Crippen molar-refractivity contribution in [2.24, 2.45) is 51.8 Å². The van der Waals surface area contributed by atoms with Gasteiger partial charge >= 0.3 is 0 Å². The van der Waals surface area contributed by atoms with Crippen molar-refractivity contribution in [3.8, 4) is 0 Å². The molecule has 0 unspecified atom stereocenters. The molecule has 3 saturated heterocycles. The molecular formula is C36H61N3O3. The van der Waals surface area contributed by atoms with Gasteiger partial charge in [0.1, 0.15) is 0 Å². The van der Waals surface area contributed by atoms with Gasteiger partial charge in [0.25, 0.3) is 0 Å². The first-order valence-corrected chi connectivity index (χ1v) is 18.0. The molecule has 238 valence electrons. The van der Waals surface area contributed by atoms with Crippen LogP contribution in [0.3, 0.4) is 0 Å². The molecule has 6 nitrogen and oxygen atoms in total. The normalized spacial score (nSPS) is 52.8. The molecule has 7 rings (SSSR count). The van der Waals surface area contributed by atoms with Crippen molar-refractivity contribution in [1.82, 2.24) is 15.1 Å². The summed E-state index contributed by atoms with van der Waals surface area (Å²) in [5.41, 5.74) is 1.11. The molecule has 1 N–H and O–H groups in total. The molecule has 0 aromatic carbocycles. The minimum absolute atomic E-state index is 0.276. The minimum atomic E-state index is -0.319. The first-order chi connectivity index (χ1) is 20.0. The van der Waals surface area contributed by atoms with E-state index in [1.165, 1.54) is 51.4 Å². The smallest absolute Gasteiger partial charge is 0.221 e. The maximum absolute atomic E-state index is 13.0. The van der Waals surface area contributed by atoms with Crippen LogP contribution >= 0.6 is 0 Å². The standard InChI is InChI=1S/C36H61N3O3/c1-24-9-15-36(41-23-24)25(2)32-30(42-36)22-35(5)29-8-7-26-21-27(10-13-33(26,3)28(29)11-14-34(32,35)4)37-31(40)12-16-39-19-17-38(6)18-20-39/h24-30,32H,7-23H2,1-6H3,(H,37,40)/t24-,25-,26+,27+,28-,29+,30-,32-,33-,34+,35-,36+/m0/s1. The minimum Gasteiger partial charge on any atom is -0.353 e. The average molecular weight is 584 g/mol. The molecule has 0 radical (unpaired) electrons. The number of carbonyl (C=O) groups is 1. The second kappa shape index (κ2) is 10.7. The van der Waals surface area contributed by atoms with Gasteiger partial charge in [-0.05, 0) is 111 Å². The summed E-state index contributed by atoms with van der Waals surface area (Å²) in [6.07, 6.45) is 13.6. The van der Waals surface area contributed by atoms with Gasteiger partial charge in [0, 0.05) is 57.5 Å². The molecule has 0 bridgehead atoms. The van der Waals surface area contributed by atoms with Crippen LogP contribution in [0.15, 0.2) is 0 Å². The Morgan fingerprint density at radius 2 is 1.69 bits per heavy atom. The van der Waals surface area contributed by atoms with E-state index in [0.717, 1.165) is 69.9 Å². The lowest BCUT2D eigenvalue weighted by Crippen LogP contribution is -2.59. The topological polar surface area (TPSA) is 54.0 Å². The highest BCUT2D eigenvalue weighted by atomic mass is 16.7. The first-order valence-electron chi connectivity index (χ1n) is 18.0. The van der Waals surface area contributed by atoms with E-state index in [2.05, 4.69) is 56.8 Å². The third-order valence-electron chi connectivity index (χ3n) is 15.3. The highest BCUT2D eigenvalue weighted by Gasteiger charge is 2.73. The molecule has 4 saturated carbocycles. The highest BCUT2D eigenvalue weighted by molar-refractivity contribution is 5.76. The van der Waals surface area contributed by atoms with Crippen molar-refractivity contribution in [2.75, 3.05) is 46.4 Å². The van der Waals surface area contributed by atoms with E-state index < -0.39 is 0 Å². The van der Waals surface area contributed by atoms with E-state index in [0.29, 0.717) is 52.6 Å². The lowest BCUT2D eigenvalue weighted by molar-refractivity contribution is -0.276. The molecule has 3 aliphatic heterocycles. The molecule has 0 aromatic heterocycles. The molecule has 6 heteroatoms. The lowest BCUT2D eigenvalue weighted by atomic mass is 9.40. The number of amides is 1. The quantitative estimate of drug-likeness (QED) is 0.444.